The van der Waals surface area contributed by atoms with E-state index in [2.05, 4.69) is 6.07 Å². The highest BCUT2D eigenvalue weighted by atomic mass is 35.5. The molecule has 22 heavy (non-hydrogen) atoms. The Bertz CT molecular complexity index is 522. The van der Waals surface area contributed by atoms with Gasteiger partial charge in [0.1, 0.15) is 0 Å². The van der Waals surface area contributed by atoms with Crippen molar-refractivity contribution in [2.75, 3.05) is 13.7 Å². The Hall–Kier alpha value is -0.930. The lowest BCUT2D eigenvalue weighted by atomic mass is 9.69. The summed E-state index contributed by atoms with van der Waals surface area (Å²) in [6.45, 7) is 0.636. The standard InChI is InChI=1S/C18H26ClNO2/c1-21-16-11-13(19)10-15(17(16)22-14-6-5-7-14)18(12-20)8-3-2-4-9-18/h10-11,14H,2-9,12,20H2,1H3. The molecule has 1 aromatic rings. The van der Waals surface area contributed by atoms with E-state index in [9.17, 15) is 0 Å². The number of benzene rings is 1. The summed E-state index contributed by atoms with van der Waals surface area (Å²) in [5, 5.41) is 0.700. The summed E-state index contributed by atoms with van der Waals surface area (Å²) in [4.78, 5) is 0. The fourth-order valence-corrected chi connectivity index (χ4v) is 3.91. The number of rotatable bonds is 5. The first-order chi connectivity index (χ1) is 10.7. The molecular weight excluding hydrogens is 298 g/mol. The molecule has 0 spiro atoms. The third-order valence-corrected chi connectivity index (χ3v) is 5.57. The Morgan fingerprint density at radius 3 is 2.45 bits per heavy atom. The van der Waals surface area contributed by atoms with E-state index in [1.165, 1.54) is 25.7 Å². The summed E-state index contributed by atoms with van der Waals surface area (Å²) in [6, 6.07) is 3.91. The summed E-state index contributed by atoms with van der Waals surface area (Å²) in [5.74, 6) is 1.62. The number of hydrogen-bond donors (Lipinski definition) is 1. The molecule has 122 valence electrons. The third-order valence-electron chi connectivity index (χ3n) is 5.35. The second-order valence-corrected chi connectivity index (χ2v) is 7.14. The van der Waals surface area contributed by atoms with Crippen molar-refractivity contribution >= 4 is 11.6 Å². The lowest BCUT2D eigenvalue weighted by Crippen LogP contribution is -2.38. The molecule has 0 saturated heterocycles. The molecule has 0 aliphatic heterocycles. The summed E-state index contributed by atoms with van der Waals surface area (Å²) in [6.07, 6.45) is 9.75. The molecule has 2 aliphatic carbocycles. The van der Waals surface area contributed by atoms with E-state index in [0.717, 1.165) is 42.7 Å². The zero-order valence-electron chi connectivity index (χ0n) is 13.4. The predicted molar refractivity (Wildman–Crippen MR) is 90.1 cm³/mol. The summed E-state index contributed by atoms with van der Waals surface area (Å²) >= 11 is 6.35. The van der Waals surface area contributed by atoms with Gasteiger partial charge in [-0.15, -0.1) is 0 Å². The Balaban J connectivity index is 2.04. The molecule has 3 nitrogen and oxygen atoms in total. The number of halogens is 1. The smallest absolute Gasteiger partial charge is 0.165 e. The first-order valence-electron chi connectivity index (χ1n) is 8.43. The van der Waals surface area contributed by atoms with Gasteiger partial charge in [-0.25, -0.2) is 0 Å². The van der Waals surface area contributed by atoms with Gasteiger partial charge in [-0.1, -0.05) is 30.9 Å². The van der Waals surface area contributed by atoms with E-state index in [-0.39, 0.29) is 5.41 Å². The first kappa shape index (κ1) is 15.9. The van der Waals surface area contributed by atoms with Crippen molar-refractivity contribution in [2.24, 2.45) is 5.73 Å². The molecular formula is C18H26ClNO2. The zero-order chi connectivity index (χ0) is 15.6. The van der Waals surface area contributed by atoms with Crippen molar-refractivity contribution in [2.45, 2.75) is 62.9 Å². The SMILES string of the molecule is COc1cc(Cl)cc(C2(CN)CCCCC2)c1OC1CCC1. The Morgan fingerprint density at radius 1 is 1.18 bits per heavy atom. The number of ether oxygens (including phenoxy) is 2. The van der Waals surface area contributed by atoms with Gasteiger partial charge in [0.2, 0.25) is 0 Å². The maximum atomic E-state index is 6.35. The van der Waals surface area contributed by atoms with Crippen molar-refractivity contribution in [3.8, 4) is 11.5 Å². The molecule has 2 N–H and O–H groups in total. The van der Waals surface area contributed by atoms with E-state index >= 15 is 0 Å². The lowest BCUT2D eigenvalue weighted by Gasteiger charge is -2.39. The van der Waals surface area contributed by atoms with Gasteiger partial charge in [0, 0.05) is 28.6 Å². The minimum absolute atomic E-state index is 0.0183. The van der Waals surface area contributed by atoms with Crippen molar-refractivity contribution in [3.63, 3.8) is 0 Å². The van der Waals surface area contributed by atoms with E-state index in [4.69, 9.17) is 26.8 Å². The summed E-state index contributed by atoms with van der Waals surface area (Å²) < 4.78 is 11.9. The second kappa shape index (κ2) is 6.67. The molecule has 0 unspecified atom stereocenters. The molecule has 0 heterocycles. The largest absolute Gasteiger partial charge is 0.493 e. The van der Waals surface area contributed by atoms with E-state index in [1.807, 2.05) is 6.07 Å². The van der Waals surface area contributed by atoms with Crippen LogP contribution in [0.5, 0.6) is 11.5 Å². The Morgan fingerprint density at radius 2 is 1.91 bits per heavy atom. The molecule has 0 radical (unpaired) electrons. The minimum Gasteiger partial charge on any atom is -0.493 e. The Labute approximate surface area is 138 Å². The molecule has 0 amide bonds. The predicted octanol–water partition coefficient (Wildman–Crippen LogP) is 4.44. The highest BCUT2D eigenvalue weighted by Gasteiger charge is 2.37. The second-order valence-electron chi connectivity index (χ2n) is 6.70. The molecule has 2 saturated carbocycles. The van der Waals surface area contributed by atoms with Gasteiger partial charge >= 0.3 is 0 Å². The van der Waals surface area contributed by atoms with Crippen LogP contribution < -0.4 is 15.2 Å². The Kier molecular flexibility index (Phi) is 4.84. The van der Waals surface area contributed by atoms with Crippen molar-refractivity contribution in [1.29, 1.82) is 0 Å². The average Bonchev–Trinajstić information content (AvgIpc) is 2.51. The molecule has 0 atom stereocenters. The summed E-state index contributed by atoms with van der Waals surface area (Å²) in [7, 11) is 1.68. The fourth-order valence-electron chi connectivity index (χ4n) is 3.70. The van der Waals surface area contributed by atoms with Crippen LogP contribution in [0.25, 0.3) is 0 Å². The molecule has 4 heteroatoms. The molecule has 0 bridgehead atoms. The van der Waals surface area contributed by atoms with Crippen LogP contribution >= 0.6 is 11.6 Å². The van der Waals surface area contributed by atoms with Crippen LogP contribution in [0.4, 0.5) is 0 Å². The van der Waals surface area contributed by atoms with E-state index < -0.39 is 0 Å². The first-order valence-corrected chi connectivity index (χ1v) is 8.81. The topological polar surface area (TPSA) is 44.5 Å². The number of nitrogens with two attached hydrogens (primary N) is 1. The van der Waals surface area contributed by atoms with E-state index in [0.29, 0.717) is 17.7 Å². The monoisotopic (exact) mass is 323 g/mol. The van der Waals surface area contributed by atoms with Crippen LogP contribution in [0.3, 0.4) is 0 Å². The zero-order valence-corrected chi connectivity index (χ0v) is 14.1. The number of hydrogen-bond acceptors (Lipinski definition) is 3. The van der Waals surface area contributed by atoms with Gasteiger partial charge in [-0.05, 0) is 38.2 Å². The highest BCUT2D eigenvalue weighted by Crippen LogP contribution is 2.48. The quantitative estimate of drug-likeness (QED) is 0.871. The maximum absolute atomic E-state index is 6.35. The van der Waals surface area contributed by atoms with Crippen molar-refractivity contribution in [1.82, 2.24) is 0 Å². The van der Waals surface area contributed by atoms with Crippen LogP contribution in [0.2, 0.25) is 5.02 Å². The van der Waals surface area contributed by atoms with Gasteiger partial charge in [0.25, 0.3) is 0 Å². The van der Waals surface area contributed by atoms with Crippen LogP contribution in [0.15, 0.2) is 12.1 Å². The molecule has 2 aliphatic rings. The maximum Gasteiger partial charge on any atom is 0.165 e. The average molecular weight is 324 g/mol. The molecule has 2 fully saturated rings. The van der Waals surface area contributed by atoms with Gasteiger partial charge in [-0.3, -0.25) is 0 Å². The highest BCUT2D eigenvalue weighted by molar-refractivity contribution is 6.30. The summed E-state index contributed by atoms with van der Waals surface area (Å²) in [5.41, 5.74) is 7.36. The van der Waals surface area contributed by atoms with Crippen LogP contribution in [0.1, 0.15) is 56.9 Å². The molecule has 3 rings (SSSR count). The van der Waals surface area contributed by atoms with Crippen molar-refractivity contribution in [3.05, 3.63) is 22.7 Å². The molecule has 0 aromatic heterocycles. The van der Waals surface area contributed by atoms with Gasteiger partial charge in [0.05, 0.1) is 13.2 Å². The van der Waals surface area contributed by atoms with Gasteiger partial charge in [-0.2, -0.15) is 0 Å². The minimum atomic E-state index is -0.0183. The van der Waals surface area contributed by atoms with Crippen molar-refractivity contribution < 1.29 is 9.47 Å². The fraction of sp³-hybridized carbons (Fsp3) is 0.667. The van der Waals surface area contributed by atoms with Gasteiger partial charge < -0.3 is 15.2 Å². The van der Waals surface area contributed by atoms with Crippen LogP contribution in [-0.4, -0.2) is 19.8 Å². The van der Waals surface area contributed by atoms with E-state index in [1.54, 1.807) is 7.11 Å². The van der Waals surface area contributed by atoms with Crippen LogP contribution in [-0.2, 0) is 5.41 Å². The molecule has 1 aromatic carbocycles. The van der Waals surface area contributed by atoms with Crippen LogP contribution in [0, 0.1) is 0 Å². The number of methoxy groups -OCH3 is 1. The van der Waals surface area contributed by atoms with Gasteiger partial charge in [0.15, 0.2) is 11.5 Å². The normalized spacial score (nSPS) is 21.2. The third kappa shape index (κ3) is 2.93. The lowest BCUT2D eigenvalue weighted by molar-refractivity contribution is 0.111.